The molecule has 2 aromatic carbocycles. The van der Waals surface area contributed by atoms with Gasteiger partial charge in [-0.15, -0.1) is 0 Å². The molecule has 178 valence electrons. The van der Waals surface area contributed by atoms with Crippen molar-refractivity contribution in [3.8, 4) is 11.3 Å². The van der Waals surface area contributed by atoms with Gasteiger partial charge in [0.05, 0.1) is 12.2 Å². The van der Waals surface area contributed by atoms with Gasteiger partial charge in [-0.2, -0.15) is 22.1 Å². The van der Waals surface area contributed by atoms with Gasteiger partial charge in [0.2, 0.25) is 5.91 Å². The highest BCUT2D eigenvalue weighted by Gasteiger charge is 2.29. The largest absolute Gasteiger partial charge is 0.337 e. The van der Waals surface area contributed by atoms with Crippen LogP contribution in [0.2, 0.25) is 0 Å². The van der Waals surface area contributed by atoms with E-state index in [1.165, 1.54) is 22.7 Å². The third kappa shape index (κ3) is 5.44. The molecule has 1 aromatic heterocycles. The Balaban J connectivity index is 1.50. The summed E-state index contributed by atoms with van der Waals surface area (Å²) in [6, 6.07) is 20.0. The molecule has 0 radical (unpaired) electrons. The summed E-state index contributed by atoms with van der Waals surface area (Å²) in [5.41, 5.74) is 3.78. The SMILES string of the molecule is CN(C)S(=O)(=O)N1CCN(C(=O)/C=C/c2cn(Cc3ccccc3)nc2-c2ccccc2)CC1. The average Bonchev–Trinajstić information content (AvgIpc) is 3.26. The molecule has 2 heterocycles. The molecule has 0 bridgehead atoms. The van der Waals surface area contributed by atoms with Crippen LogP contribution in [0.25, 0.3) is 17.3 Å². The summed E-state index contributed by atoms with van der Waals surface area (Å²) in [4.78, 5) is 14.5. The maximum atomic E-state index is 12.8. The van der Waals surface area contributed by atoms with Crippen molar-refractivity contribution in [2.45, 2.75) is 6.54 Å². The molecular formula is C25H29N5O3S. The number of piperazine rings is 1. The number of aromatic nitrogens is 2. The molecule has 1 aliphatic heterocycles. The summed E-state index contributed by atoms with van der Waals surface area (Å²) < 4.78 is 29.1. The fourth-order valence-electron chi connectivity index (χ4n) is 3.87. The van der Waals surface area contributed by atoms with Crippen molar-refractivity contribution in [1.29, 1.82) is 0 Å². The Labute approximate surface area is 200 Å². The first-order chi connectivity index (χ1) is 16.3. The van der Waals surface area contributed by atoms with E-state index in [1.54, 1.807) is 17.1 Å². The fourth-order valence-corrected chi connectivity index (χ4v) is 4.95. The topological polar surface area (TPSA) is 78.8 Å². The Morgan fingerprint density at radius 2 is 1.59 bits per heavy atom. The van der Waals surface area contributed by atoms with Gasteiger partial charge in [0, 0.05) is 63.7 Å². The van der Waals surface area contributed by atoms with E-state index < -0.39 is 10.2 Å². The molecular weight excluding hydrogens is 450 g/mol. The van der Waals surface area contributed by atoms with Gasteiger partial charge >= 0.3 is 0 Å². The van der Waals surface area contributed by atoms with Crippen LogP contribution in [0.3, 0.4) is 0 Å². The molecule has 1 fully saturated rings. The fraction of sp³-hybridized carbons (Fsp3) is 0.280. The van der Waals surface area contributed by atoms with Crippen molar-refractivity contribution in [1.82, 2.24) is 23.3 Å². The van der Waals surface area contributed by atoms with E-state index in [0.29, 0.717) is 19.6 Å². The third-order valence-corrected chi connectivity index (χ3v) is 7.71. The van der Waals surface area contributed by atoms with Crippen molar-refractivity contribution >= 4 is 22.2 Å². The smallest absolute Gasteiger partial charge is 0.281 e. The Hall–Kier alpha value is -3.27. The van der Waals surface area contributed by atoms with Gasteiger partial charge in [-0.25, -0.2) is 0 Å². The zero-order valence-electron chi connectivity index (χ0n) is 19.4. The lowest BCUT2D eigenvalue weighted by molar-refractivity contribution is -0.127. The van der Waals surface area contributed by atoms with E-state index in [1.807, 2.05) is 59.4 Å². The minimum atomic E-state index is -3.46. The second kappa shape index (κ2) is 10.3. The van der Waals surface area contributed by atoms with Gasteiger partial charge < -0.3 is 4.90 Å². The minimum Gasteiger partial charge on any atom is -0.337 e. The molecule has 0 saturated carbocycles. The Morgan fingerprint density at radius 1 is 0.971 bits per heavy atom. The molecule has 4 rings (SSSR count). The van der Waals surface area contributed by atoms with Crippen molar-refractivity contribution in [3.63, 3.8) is 0 Å². The van der Waals surface area contributed by atoms with Gasteiger partial charge in [-0.05, 0) is 11.6 Å². The molecule has 1 saturated heterocycles. The first kappa shape index (κ1) is 23.9. The summed E-state index contributed by atoms with van der Waals surface area (Å²) in [5.74, 6) is -0.142. The van der Waals surface area contributed by atoms with E-state index >= 15 is 0 Å². The minimum absolute atomic E-state index is 0.142. The lowest BCUT2D eigenvalue weighted by atomic mass is 10.1. The zero-order chi connectivity index (χ0) is 24.1. The predicted molar refractivity (Wildman–Crippen MR) is 133 cm³/mol. The maximum Gasteiger partial charge on any atom is 0.281 e. The Morgan fingerprint density at radius 3 is 2.21 bits per heavy atom. The van der Waals surface area contributed by atoms with E-state index in [-0.39, 0.29) is 19.0 Å². The number of carbonyl (C=O) groups excluding carboxylic acids is 1. The van der Waals surface area contributed by atoms with Crippen molar-refractivity contribution < 1.29 is 13.2 Å². The van der Waals surface area contributed by atoms with Crippen molar-refractivity contribution in [3.05, 3.63) is 84.1 Å². The molecule has 0 aliphatic carbocycles. The number of benzene rings is 2. The zero-order valence-corrected chi connectivity index (χ0v) is 20.2. The monoisotopic (exact) mass is 479 g/mol. The molecule has 0 N–H and O–H groups in total. The number of carbonyl (C=O) groups is 1. The third-order valence-electron chi connectivity index (χ3n) is 5.77. The second-order valence-electron chi connectivity index (χ2n) is 8.33. The van der Waals surface area contributed by atoms with Crippen LogP contribution < -0.4 is 0 Å². The summed E-state index contributed by atoms with van der Waals surface area (Å²) in [5, 5.41) is 4.78. The molecule has 0 unspecified atom stereocenters. The summed E-state index contributed by atoms with van der Waals surface area (Å²) >= 11 is 0. The number of hydrogen-bond acceptors (Lipinski definition) is 4. The Bertz CT molecular complexity index is 1250. The molecule has 34 heavy (non-hydrogen) atoms. The molecule has 9 heteroatoms. The van der Waals surface area contributed by atoms with E-state index in [0.717, 1.165) is 22.4 Å². The van der Waals surface area contributed by atoms with E-state index in [2.05, 4.69) is 12.1 Å². The van der Waals surface area contributed by atoms with Crippen molar-refractivity contribution in [2.75, 3.05) is 40.3 Å². The van der Waals surface area contributed by atoms with Crippen LogP contribution in [0.15, 0.2) is 72.9 Å². The number of nitrogens with zero attached hydrogens (tertiary/aromatic N) is 5. The summed E-state index contributed by atoms with van der Waals surface area (Å²) in [6.07, 6.45) is 5.29. The van der Waals surface area contributed by atoms with Gasteiger partial charge in [0.1, 0.15) is 0 Å². The van der Waals surface area contributed by atoms with Crippen LogP contribution in [0.4, 0.5) is 0 Å². The quantitative estimate of drug-likeness (QED) is 0.488. The molecule has 0 spiro atoms. The lowest BCUT2D eigenvalue weighted by Crippen LogP contribution is -2.52. The summed E-state index contributed by atoms with van der Waals surface area (Å²) in [6.45, 7) is 1.91. The first-order valence-electron chi connectivity index (χ1n) is 11.2. The van der Waals surface area contributed by atoms with Crippen LogP contribution in [0.1, 0.15) is 11.1 Å². The van der Waals surface area contributed by atoms with Crippen LogP contribution in [0.5, 0.6) is 0 Å². The number of amides is 1. The van der Waals surface area contributed by atoms with Gasteiger partial charge in [-0.3, -0.25) is 9.48 Å². The van der Waals surface area contributed by atoms with Crippen LogP contribution in [-0.2, 0) is 21.5 Å². The lowest BCUT2D eigenvalue weighted by Gasteiger charge is -2.34. The highest BCUT2D eigenvalue weighted by atomic mass is 32.2. The first-order valence-corrected chi connectivity index (χ1v) is 12.6. The van der Waals surface area contributed by atoms with E-state index in [9.17, 15) is 13.2 Å². The van der Waals surface area contributed by atoms with E-state index in [4.69, 9.17) is 5.10 Å². The average molecular weight is 480 g/mol. The van der Waals surface area contributed by atoms with Gasteiger partial charge in [-0.1, -0.05) is 60.7 Å². The normalized spacial score (nSPS) is 15.3. The van der Waals surface area contributed by atoms with Gasteiger partial charge in [0.25, 0.3) is 10.2 Å². The molecule has 3 aromatic rings. The van der Waals surface area contributed by atoms with Crippen molar-refractivity contribution in [2.24, 2.45) is 0 Å². The van der Waals surface area contributed by atoms with Crippen LogP contribution in [-0.4, -0.2) is 77.9 Å². The van der Waals surface area contributed by atoms with Crippen LogP contribution >= 0.6 is 0 Å². The summed E-state index contributed by atoms with van der Waals surface area (Å²) in [7, 11) is -0.440. The highest BCUT2D eigenvalue weighted by Crippen LogP contribution is 2.24. The molecule has 0 atom stereocenters. The molecule has 8 nitrogen and oxygen atoms in total. The molecule has 1 aliphatic rings. The highest BCUT2D eigenvalue weighted by molar-refractivity contribution is 7.86. The predicted octanol–water partition coefficient (Wildman–Crippen LogP) is 2.56. The number of hydrogen-bond donors (Lipinski definition) is 0. The molecule has 1 amide bonds. The van der Waals surface area contributed by atoms with Gasteiger partial charge in [0.15, 0.2) is 0 Å². The number of rotatable bonds is 7. The standard InChI is InChI=1S/C25H29N5O3S/c1-27(2)34(32,33)30-17-15-28(16-18-30)24(31)14-13-23-20-29(19-21-9-5-3-6-10-21)26-25(23)22-11-7-4-8-12-22/h3-14,20H,15-19H2,1-2H3/b14-13+. The Kier molecular flexibility index (Phi) is 7.26. The maximum absolute atomic E-state index is 12.8. The van der Waals surface area contributed by atoms with Crippen LogP contribution in [0, 0.1) is 0 Å². The second-order valence-corrected chi connectivity index (χ2v) is 10.5.